The van der Waals surface area contributed by atoms with E-state index in [0.717, 1.165) is 29.9 Å². The van der Waals surface area contributed by atoms with E-state index in [1.807, 2.05) is 12.1 Å². The van der Waals surface area contributed by atoms with Gasteiger partial charge in [-0.2, -0.15) is 5.26 Å². The Morgan fingerprint density at radius 3 is 2.83 bits per heavy atom. The average molecular weight is 240 g/mol. The molecule has 1 aromatic carbocycles. The number of rotatable bonds is 3. The van der Waals surface area contributed by atoms with Gasteiger partial charge in [-0.3, -0.25) is 0 Å². The first kappa shape index (κ1) is 11.7. The van der Waals surface area contributed by atoms with E-state index in [-0.39, 0.29) is 0 Å². The molecule has 94 valence electrons. The Morgan fingerprint density at radius 2 is 2.06 bits per heavy atom. The third kappa shape index (κ3) is 2.28. The monoisotopic (exact) mass is 240 g/mol. The normalized spacial score (nSPS) is 30.1. The maximum atomic E-state index is 8.77. The number of nitrogens with zero attached hydrogens (tertiary/aromatic N) is 1. The molecule has 1 saturated carbocycles. The van der Waals surface area contributed by atoms with E-state index < -0.39 is 0 Å². The second-order valence-electron chi connectivity index (χ2n) is 5.72. The molecular weight excluding hydrogens is 220 g/mol. The summed E-state index contributed by atoms with van der Waals surface area (Å²) in [5.41, 5.74) is 2.12. The maximum absolute atomic E-state index is 8.77. The van der Waals surface area contributed by atoms with Crippen LogP contribution in [0.15, 0.2) is 24.3 Å². The molecule has 0 aromatic heterocycles. The van der Waals surface area contributed by atoms with Crippen LogP contribution in [0.2, 0.25) is 0 Å². The second kappa shape index (κ2) is 5.12. The lowest BCUT2D eigenvalue weighted by Gasteiger charge is -2.18. The van der Waals surface area contributed by atoms with Gasteiger partial charge in [0, 0.05) is 6.04 Å². The second-order valence-corrected chi connectivity index (χ2v) is 5.72. The molecule has 18 heavy (non-hydrogen) atoms. The third-order valence-electron chi connectivity index (χ3n) is 4.70. The fourth-order valence-electron chi connectivity index (χ4n) is 3.69. The zero-order valence-corrected chi connectivity index (χ0v) is 10.7. The van der Waals surface area contributed by atoms with Crippen LogP contribution >= 0.6 is 0 Å². The topological polar surface area (TPSA) is 35.8 Å². The summed E-state index contributed by atoms with van der Waals surface area (Å²) in [6.45, 7) is 1.24. The van der Waals surface area contributed by atoms with Crippen molar-refractivity contribution in [1.82, 2.24) is 5.32 Å². The molecule has 0 spiro atoms. The Labute approximate surface area is 109 Å². The molecule has 3 atom stereocenters. The van der Waals surface area contributed by atoms with Crippen LogP contribution in [-0.2, 0) is 6.42 Å². The number of fused-ring (bicyclic) bond motifs is 1. The third-order valence-corrected chi connectivity index (χ3v) is 4.70. The van der Waals surface area contributed by atoms with Crippen LogP contribution in [0.4, 0.5) is 0 Å². The first-order valence-corrected chi connectivity index (χ1v) is 7.09. The molecular formula is C16H20N2. The minimum atomic E-state index is 0.730. The molecule has 3 unspecified atom stereocenters. The molecule has 1 N–H and O–H groups in total. The molecule has 2 fully saturated rings. The van der Waals surface area contributed by atoms with Gasteiger partial charge < -0.3 is 5.32 Å². The minimum absolute atomic E-state index is 0.730. The van der Waals surface area contributed by atoms with Gasteiger partial charge in [0.2, 0.25) is 0 Å². The van der Waals surface area contributed by atoms with Crippen molar-refractivity contribution in [2.24, 2.45) is 11.8 Å². The van der Waals surface area contributed by atoms with Crippen LogP contribution in [0, 0.1) is 23.2 Å². The van der Waals surface area contributed by atoms with E-state index in [2.05, 4.69) is 23.5 Å². The number of hydrogen-bond acceptors (Lipinski definition) is 2. The van der Waals surface area contributed by atoms with Gasteiger partial charge in [0.15, 0.2) is 0 Å². The Balaban J connectivity index is 1.56. The van der Waals surface area contributed by atoms with E-state index in [0.29, 0.717) is 0 Å². The minimum Gasteiger partial charge on any atom is -0.313 e. The predicted octanol–water partition coefficient (Wildman–Crippen LogP) is 2.88. The van der Waals surface area contributed by atoms with Crippen molar-refractivity contribution < 1.29 is 0 Å². The van der Waals surface area contributed by atoms with Crippen molar-refractivity contribution in [1.29, 1.82) is 5.26 Å². The molecule has 0 radical (unpaired) electrons. The molecule has 2 aliphatic rings. The summed E-state index contributed by atoms with van der Waals surface area (Å²) in [7, 11) is 0. The van der Waals surface area contributed by atoms with E-state index in [1.165, 1.54) is 37.8 Å². The van der Waals surface area contributed by atoms with Gasteiger partial charge in [-0.15, -0.1) is 0 Å². The molecule has 0 amide bonds. The zero-order valence-electron chi connectivity index (χ0n) is 10.7. The van der Waals surface area contributed by atoms with Crippen molar-refractivity contribution in [2.75, 3.05) is 6.54 Å². The lowest BCUT2D eigenvalue weighted by atomic mass is 9.90. The summed E-state index contributed by atoms with van der Waals surface area (Å²) in [5, 5.41) is 12.5. The van der Waals surface area contributed by atoms with E-state index in [4.69, 9.17) is 5.26 Å². The molecule has 2 nitrogen and oxygen atoms in total. The van der Waals surface area contributed by atoms with E-state index in [1.54, 1.807) is 0 Å². The highest BCUT2D eigenvalue weighted by molar-refractivity contribution is 5.31. The van der Waals surface area contributed by atoms with Gasteiger partial charge in [0.05, 0.1) is 11.6 Å². The number of nitriles is 1. The first-order valence-electron chi connectivity index (χ1n) is 7.09. The van der Waals surface area contributed by atoms with Gasteiger partial charge in [-0.1, -0.05) is 18.6 Å². The molecule has 0 bridgehead atoms. The smallest absolute Gasteiger partial charge is 0.0991 e. The molecule has 1 heterocycles. The van der Waals surface area contributed by atoms with Crippen molar-refractivity contribution in [3.63, 3.8) is 0 Å². The van der Waals surface area contributed by atoms with Crippen LogP contribution in [0.25, 0.3) is 0 Å². The molecule has 1 aliphatic carbocycles. The van der Waals surface area contributed by atoms with Crippen LogP contribution in [0.5, 0.6) is 0 Å². The molecule has 2 heteroatoms. The quantitative estimate of drug-likeness (QED) is 0.881. The molecule has 3 rings (SSSR count). The largest absolute Gasteiger partial charge is 0.313 e. The molecule has 1 aliphatic heterocycles. The summed E-state index contributed by atoms with van der Waals surface area (Å²) < 4.78 is 0. The van der Waals surface area contributed by atoms with Crippen molar-refractivity contribution >= 4 is 0 Å². The summed E-state index contributed by atoms with van der Waals surface area (Å²) in [6, 6.07) is 10.9. The Morgan fingerprint density at radius 1 is 1.22 bits per heavy atom. The lowest BCUT2D eigenvalue weighted by molar-refractivity contribution is 0.393. The first-order chi connectivity index (χ1) is 8.86. The van der Waals surface area contributed by atoms with Crippen LogP contribution in [-0.4, -0.2) is 12.6 Å². The highest BCUT2D eigenvalue weighted by atomic mass is 15.0. The fourth-order valence-corrected chi connectivity index (χ4v) is 3.69. The Hall–Kier alpha value is -1.33. The predicted molar refractivity (Wildman–Crippen MR) is 72.1 cm³/mol. The standard InChI is InChI=1S/C16H20N2/c17-10-13-6-4-12(5-7-13)8-9-16-15-3-1-2-14(15)11-18-16/h4-7,14-16,18H,1-3,8-9,11H2. The fraction of sp³-hybridized carbons (Fsp3) is 0.562. The van der Waals surface area contributed by atoms with Crippen LogP contribution in [0.3, 0.4) is 0 Å². The van der Waals surface area contributed by atoms with Gasteiger partial charge in [0.1, 0.15) is 0 Å². The SMILES string of the molecule is N#Cc1ccc(CCC2NCC3CCCC32)cc1. The van der Waals surface area contributed by atoms with Gasteiger partial charge in [-0.25, -0.2) is 0 Å². The van der Waals surface area contributed by atoms with Crippen molar-refractivity contribution in [3.05, 3.63) is 35.4 Å². The summed E-state index contributed by atoms with van der Waals surface area (Å²) >= 11 is 0. The highest BCUT2D eigenvalue weighted by Gasteiger charge is 2.38. The van der Waals surface area contributed by atoms with Gasteiger partial charge in [-0.05, 0) is 61.8 Å². The van der Waals surface area contributed by atoms with E-state index >= 15 is 0 Å². The summed E-state index contributed by atoms with van der Waals surface area (Å²) in [5.74, 6) is 1.89. The number of aryl methyl sites for hydroxylation is 1. The Bertz CT molecular complexity index is 443. The Kier molecular flexibility index (Phi) is 3.34. The van der Waals surface area contributed by atoms with Gasteiger partial charge >= 0.3 is 0 Å². The maximum Gasteiger partial charge on any atom is 0.0991 e. The number of nitrogens with one attached hydrogen (secondary N) is 1. The summed E-state index contributed by atoms with van der Waals surface area (Å²) in [4.78, 5) is 0. The molecule has 1 saturated heterocycles. The van der Waals surface area contributed by atoms with Crippen LogP contribution < -0.4 is 5.32 Å². The highest BCUT2D eigenvalue weighted by Crippen LogP contribution is 2.38. The lowest BCUT2D eigenvalue weighted by Crippen LogP contribution is -2.27. The average Bonchev–Trinajstić information content (AvgIpc) is 3.00. The number of benzene rings is 1. The van der Waals surface area contributed by atoms with Crippen LogP contribution in [0.1, 0.15) is 36.8 Å². The van der Waals surface area contributed by atoms with E-state index in [9.17, 15) is 0 Å². The van der Waals surface area contributed by atoms with Gasteiger partial charge in [0.25, 0.3) is 0 Å². The van der Waals surface area contributed by atoms with Crippen molar-refractivity contribution in [2.45, 2.75) is 38.1 Å². The zero-order chi connectivity index (χ0) is 12.4. The number of hydrogen-bond donors (Lipinski definition) is 1. The molecule has 1 aromatic rings. The summed E-state index contributed by atoms with van der Waals surface area (Å²) in [6.07, 6.45) is 6.67. The van der Waals surface area contributed by atoms with Crippen molar-refractivity contribution in [3.8, 4) is 6.07 Å².